The van der Waals surface area contributed by atoms with Crippen molar-refractivity contribution < 1.29 is 37.3 Å². The lowest BCUT2D eigenvalue weighted by molar-refractivity contribution is -0.274. The first kappa shape index (κ1) is 20.3. The molecule has 1 aromatic heterocycles. The maximum absolute atomic E-state index is 12.4. The van der Waals surface area contributed by atoms with E-state index in [1.54, 1.807) is 20.8 Å². The Labute approximate surface area is 152 Å². The number of halogens is 3. The van der Waals surface area contributed by atoms with Crippen LogP contribution in [0.1, 0.15) is 26.5 Å². The van der Waals surface area contributed by atoms with Crippen LogP contribution in [0.25, 0.3) is 17.0 Å². The Morgan fingerprint density at radius 2 is 1.85 bits per heavy atom. The maximum Gasteiger partial charge on any atom is 0.573 e. The molecule has 0 fully saturated rings. The number of hydrogen-bond acceptors (Lipinski definition) is 4. The first-order chi connectivity index (χ1) is 12.3. The number of aromatic nitrogens is 1. The maximum atomic E-state index is 12.4. The van der Waals surface area contributed by atoms with E-state index in [9.17, 15) is 22.8 Å². The van der Waals surface area contributed by atoms with Crippen molar-refractivity contribution in [3.8, 4) is 5.75 Å². The SMILES string of the molecule is CC(C)(C)OC(=O)Cn1c(C=CC(=O)O)cc2cc(OC(F)(F)F)ccc21. The summed E-state index contributed by atoms with van der Waals surface area (Å²) < 4.78 is 47.8. The Balaban J connectivity index is 2.46. The summed E-state index contributed by atoms with van der Waals surface area (Å²) in [4.78, 5) is 22.9. The number of fused-ring (bicyclic) bond motifs is 1. The van der Waals surface area contributed by atoms with Gasteiger partial charge in [0.1, 0.15) is 17.9 Å². The molecule has 0 aliphatic rings. The Morgan fingerprint density at radius 1 is 1.19 bits per heavy atom. The van der Waals surface area contributed by atoms with Crippen molar-refractivity contribution in [2.24, 2.45) is 0 Å². The number of esters is 1. The number of aliphatic carboxylic acids is 1. The van der Waals surface area contributed by atoms with Crippen molar-refractivity contribution in [3.05, 3.63) is 36.0 Å². The minimum Gasteiger partial charge on any atom is -0.478 e. The third kappa shape index (κ3) is 6.05. The van der Waals surface area contributed by atoms with E-state index in [1.807, 2.05) is 0 Å². The molecule has 0 bridgehead atoms. The van der Waals surface area contributed by atoms with E-state index in [4.69, 9.17) is 9.84 Å². The van der Waals surface area contributed by atoms with Crippen LogP contribution in [0, 0.1) is 0 Å². The Kier molecular flexibility index (Phi) is 5.53. The van der Waals surface area contributed by atoms with Crippen molar-refractivity contribution in [2.45, 2.75) is 39.3 Å². The number of carboxylic acid groups (broad SMARTS) is 1. The number of carbonyl (C=O) groups excluding carboxylic acids is 1. The zero-order valence-electron chi connectivity index (χ0n) is 14.8. The third-order valence-corrected chi connectivity index (χ3v) is 3.24. The normalized spacial score (nSPS) is 12.5. The van der Waals surface area contributed by atoms with Gasteiger partial charge in [0.15, 0.2) is 0 Å². The van der Waals surface area contributed by atoms with Crippen LogP contribution in [-0.4, -0.2) is 33.6 Å². The zero-order valence-corrected chi connectivity index (χ0v) is 14.8. The van der Waals surface area contributed by atoms with Crippen LogP contribution in [0.15, 0.2) is 30.3 Å². The van der Waals surface area contributed by atoms with Gasteiger partial charge in [-0.05, 0) is 51.1 Å². The number of benzene rings is 1. The molecule has 0 spiro atoms. The lowest BCUT2D eigenvalue weighted by atomic mass is 10.2. The largest absolute Gasteiger partial charge is 0.573 e. The topological polar surface area (TPSA) is 77.8 Å². The zero-order chi connectivity index (χ0) is 20.4. The van der Waals surface area contributed by atoms with Gasteiger partial charge in [-0.3, -0.25) is 4.79 Å². The molecule has 2 aromatic rings. The second kappa shape index (κ2) is 7.34. The number of hydrogen-bond donors (Lipinski definition) is 1. The highest BCUT2D eigenvalue weighted by molar-refractivity contribution is 5.90. The molecule has 0 saturated heterocycles. The van der Waals surface area contributed by atoms with Crippen LogP contribution >= 0.6 is 0 Å². The van der Waals surface area contributed by atoms with Gasteiger partial charge in [0, 0.05) is 22.7 Å². The van der Waals surface area contributed by atoms with E-state index in [0.717, 1.165) is 18.2 Å². The summed E-state index contributed by atoms with van der Waals surface area (Å²) in [7, 11) is 0. The third-order valence-electron chi connectivity index (χ3n) is 3.24. The van der Waals surface area contributed by atoms with Gasteiger partial charge in [0.05, 0.1) is 0 Å². The van der Waals surface area contributed by atoms with Gasteiger partial charge in [-0.15, -0.1) is 13.2 Å². The summed E-state index contributed by atoms with van der Waals surface area (Å²) >= 11 is 0. The number of nitrogens with zero attached hydrogens (tertiary/aromatic N) is 1. The van der Waals surface area contributed by atoms with E-state index in [-0.39, 0.29) is 6.54 Å². The standard InChI is InChI=1S/C18H18F3NO5/c1-17(2,3)27-16(25)10-22-12(4-7-15(23)24)8-11-9-13(5-6-14(11)22)26-18(19,20)21/h4-9H,10H2,1-3H3,(H,23,24). The lowest BCUT2D eigenvalue weighted by Gasteiger charge is -2.20. The van der Waals surface area contributed by atoms with Gasteiger partial charge < -0.3 is 19.1 Å². The van der Waals surface area contributed by atoms with E-state index in [2.05, 4.69) is 4.74 Å². The van der Waals surface area contributed by atoms with Crippen molar-refractivity contribution in [1.82, 2.24) is 4.57 Å². The first-order valence-corrected chi connectivity index (χ1v) is 7.86. The van der Waals surface area contributed by atoms with E-state index in [1.165, 1.54) is 22.8 Å². The molecule has 0 unspecified atom stereocenters. The summed E-state index contributed by atoms with van der Waals surface area (Å²) in [6.07, 6.45) is -2.72. The van der Waals surface area contributed by atoms with Crippen LogP contribution in [0.2, 0.25) is 0 Å². The molecule has 0 radical (unpaired) electrons. The lowest BCUT2D eigenvalue weighted by Crippen LogP contribution is -2.26. The monoisotopic (exact) mass is 385 g/mol. The quantitative estimate of drug-likeness (QED) is 0.622. The molecule has 0 aliphatic heterocycles. The molecule has 0 amide bonds. The van der Waals surface area contributed by atoms with E-state index in [0.29, 0.717) is 16.6 Å². The molecule has 27 heavy (non-hydrogen) atoms. The van der Waals surface area contributed by atoms with Crippen LogP contribution in [0.3, 0.4) is 0 Å². The van der Waals surface area contributed by atoms with Gasteiger partial charge in [-0.2, -0.15) is 0 Å². The molecule has 1 heterocycles. The van der Waals surface area contributed by atoms with Crippen molar-refractivity contribution in [2.75, 3.05) is 0 Å². The highest BCUT2D eigenvalue weighted by Gasteiger charge is 2.31. The fourth-order valence-electron chi connectivity index (χ4n) is 2.44. The van der Waals surface area contributed by atoms with Gasteiger partial charge in [-0.25, -0.2) is 4.79 Å². The molecule has 146 valence electrons. The van der Waals surface area contributed by atoms with Crippen molar-refractivity contribution in [3.63, 3.8) is 0 Å². The number of ether oxygens (including phenoxy) is 2. The minimum absolute atomic E-state index is 0.237. The second-order valence-corrected chi connectivity index (χ2v) is 6.68. The minimum atomic E-state index is -4.83. The van der Waals surface area contributed by atoms with Gasteiger partial charge >= 0.3 is 18.3 Å². The van der Waals surface area contributed by atoms with Crippen molar-refractivity contribution in [1.29, 1.82) is 0 Å². The number of alkyl halides is 3. The van der Waals surface area contributed by atoms with E-state index >= 15 is 0 Å². The molecule has 0 atom stereocenters. The molecule has 2 rings (SSSR count). The average Bonchev–Trinajstić information content (AvgIpc) is 2.78. The molecule has 6 nitrogen and oxygen atoms in total. The Morgan fingerprint density at radius 3 is 2.41 bits per heavy atom. The smallest absolute Gasteiger partial charge is 0.478 e. The number of rotatable bonds is 5. The fourth-order valence-corrected chi connectivity index (χ4v) is 2.44. The predicted octanol–water partition coefficient (Wildman–Crippen LogP) is 3.98. The Hall–Kier alpha value is -2.97. The van der Waals surface area contributed by atoms with Crippen molar-refractivity contribution >= 4 is 28.9 Å². The summed E-state index contributed by atoms with van der Waals surface area (Å²) in [6.45, 7) is 4.86. The summed E-state index contributed by atoms with van der Waals surface area (Å²) in [5.74, 6) is -2.19. The molecule has 0 saturated carbocycles. The highest BCUT2D eigenvalue weighted by Crippen LogP contribution is 2.29. The summed E-state index contributed by atoms with van der Waals surface area (Å²) in [5, 5.41) is 9.17. The van der Waals surface area contributed by atoms with Gasteiger partial charge in [0.2, 0.25) is 0 Å². The number of carbonyl (C=O) groups is 2. The first-order valence-electron chi connectivity index (χ1n) is 7.86. The highest BCUT2D eigenvalue weighted by atomic mass is 19.4. The van der Waals surface area contributed by atoms with Gasteiger partial charge in [0.25, 0.3) is 0 Å². The van der Waals surface area contributed by atoms with E-state index < -0.39 is 29.7 Å². The summed E-state index contributed by atoms with van der Waals surface area (Å²) in [5.41, 5.74) is 0.0352. The number of carboxylic acids is 1. The average molecular weight is 385 g/mol. The van der Waals surface area contributed by atoms with Crippen LogP contribution in [0.5, 0.6) is 5.75 Å². The molecular weight excluding hydrogens is 367 g/mol. The molecule has 0 aliphatic carbocycles. The summed E-state index contributed by atoms with van der Waals surface area (Å²) in [6, 6.07) is 5.10. The van der Waals surface area contributed by atoms with Gasteiger partial charge in [-0.1, -0.05) is 0 Å². The predicted molar refractivity (Wildman–Crippen MR) is 91.1 cm³/mol. The van der Waals surface area contributed by atoms with Crippen LogP contribution in [0.4, 0.5) is 13.2 Å². The van der Waals surface area contributed by atoms with Crippen LogP contribution < -0.4 is 4.74 Å². The molecule has 9 heteroatoms. The molecule has 1 N–H and O–H groups in total. The molecule has 1 aromatic carbocycles. The fraction of sp³-hybridized carbons (Fsp3) is 0.333. The van der Waals surface area contributed by atoms with Crippen LogP contribution in [-0.2, 0) is 20.9 Å². The Bertz CT molecular complexity index is 891. The second-order valence-electron chi connectivity index (χ2n) is 6.68. The molecular formula is C18H18F3NO5.